The van der Waals surface area contributed by atoms with Crippen molar-refractivity contribution in [1.29, 1.82) is 0 Å². The number of amides is 1. The van der Waals surface area contributed by atoms with Crippen molar-refractivity contribution in [2.75, 3.05) is 6.54 Å². The Morgan fingerprint density at radius 1 is 1.40 bits per heavy atom. The molecule has 2 N–H and O–H groups in total. The molecule has 1 aliphatic rings. The van der Waals surface area contributed by atoms with Crippen LogP contribution in [0.1, 0.15) is 52.8 Å². The summed E-state index contributed by atoms with van der Waals surface area (Å²) in [5.41, 5.74) is 2.79. The van der Waals surface area contributed by atoms with Crippen molar-refractivity contribution in [1.82, 2.24) is 20.3 Å². The molecule has 0 saturated heterocycles. The van der Waals surface area contributed by atoms with Crippen molar-refractivity contribution >= 4 is 17.2 Å². The van der Waals surface area contributed by atoms with Crippen molar-refractivity contribution in [2.24, 2.45) is 0 Å². The number of aromatic amines is 1. The minimum Gasteiger partial charge on any atom is -0.351 e. The van der Waals surface area contributed by atoms with Crippen LogP contribution < -0.4 is 5.32 Å². The van der Waals surface area contributed by atoms with Crippen molar-refractivity contribution in [3.63, 3.8) is 0 Å². The zero-order chi connectivity index (χ0) is 13.8. The minimum absolute atomic E-state index is 0.000885. The molecule has 2 aromatic rings. The van der Waals surface area contributed by atoms with Gasteiger partial charge in [-0.15, -0.1) is 11.3 Å². The Morgan fingerprint density at radius 2 is 2.25 bits per heavy atom. The highest BCUT2D eigenvalue weighted by atomic mass is 32.1. The molecule has 0 aliphatic heterocycles. The predicted octanol–water partition coefficient (Wildman–Crippen LogP) is 2.50. The monoisotopic (exact) mass is 290 g/mol. The van der Waals surface area contributed by atoms with E-state index in [0.29, 0.717) is 12.5 Å². The Hall–Kier alpha value is -1.69. The zero-order valence-electron chi connectivity index (χ0n) is 11.3. The Kier molecular flexibility index (Phi) is 4.11. The molecule has 2 aromatic heterocycles. The Morgan fingerprint density at radius 3 is 3.00 bits per heavy atom. The molecule has 0 unspecified atom stereocenters. The molecule has 1 fully saturated rings. The van der Waals surface area contributed by atoms with Gasteiger partial charge in [-0.2, -0.15) is 0 Å². The molecule has 0 spiro atoms. The van der Waals surface area contributed by atoms with Crippen LogP contribution in [0.2, 0.25) is 0 Å². The lowest BCUT2D eigenvalue weighted by molar-refractivity contribution is 0.0956. The van der Waals surface area contributed by atoms with Gasteiger partial charge in [-0.3, -0.25) is 4.79 Å². The first-order valence-corrected chi connectivity index (χ1v) is 7.92. The minimum atomic E-state index is 0.000885. The van der Waals surface area contributed by atoms with Gasteiger partial charge in [0.25, 0.3) is 5.91 Å². The number of carbonyl (C=O) groups is 1. The number of hydrogen-bond donors (Lipinski definition) is 2. The molecule has 1 amide bonds. The summed E-state index contributed by atoms with van der Waals surface area (Å²) in [6.07, 6.45) is 9.06. The normalized spacial score (nSPS) is 15.6. The van der Waals surface area contributed by atoms with E-state index in [0.717, 1.165) is 35.7 Å². The van der Waals surface area contributed by atoms with Crippen molar-refractivity contribution in [3.05, 3.63) is 34.3 Å². The fraction of sp³-hybridized carbons (Fsp3) is 0.500. The van der Waals surface area contributed by atoms with E-state index in [1.807, 2.05) is 0 Å². The third kappa shape index (κ3) is 2.90. The highest BCUT2D eigenvalue weighted by molar-refractivity contribution is 7.11. The first kappa shape index (κ1) is 13.3. The van der Waals surface area contributed by atoms with Crippen molar-refractivity contribution in [3.8, 4) is 0 Å². The summed E-state index contributed by atoms with van der Waals surface area (Å²) >= 11 is 1.45. The fourth-order valence-corrected chi connectivity index (χ4v) is 3.52. The molecular weight excluding hydrogens is 272 g/mol. The number of H-pyrrole nitrogens is 1. The van der Waals surface area contributed by atoms with Gasteiger partial charge < -0.3 is 10.3 Å². The molecule has 20 heavy (non-hydrogen) atoms. The van der Waals surface area contributed by atoms with Gasteiger partial charge in [0.1, 0.15) is 10.7 Å². The average Bonchev–Trinajstić information content (AvgIpc) is 3.19. The van der Waals surface area contributed by atoms with Crippen LogP contribution in [-0.2, 0) is 6.42 Å². The predicted molar refractivity (Wildman–Crippen MR) is 77.9 cm³/mol. The molecule has 0 atom stereocenters. The van der Waals surface area contributed by atoms with Crippen LogP contribution in [-0.4, -0.2) is 27.4 Å². The lowest BCUT2D eigenvalue weighted by Gasteiger charge is -2.09. The summed E-state index contributed by atoms with van der Waals surface area (Å²) in [6, 6.07) is 0. The number of hydrogen-bond acceptors (Lipinski definition) is 4. The largest absolute Gasteiger partial charge is 0.351 e. The highest BCUT2D eigenvalue weighted by Crippen LogP contribution is 2.36. The molecule has 5 nitrogen and oxygen atoms in total. The van der Waals surface area contributed by atoms with Crippen molar-refractivity contribution in [2.45, 2.75) is 38.0 Å². The number of aromatic nitrogens is 3. The van der Waals surface area contributed by atoms with E-state index in [-0.39, 0.29) is 5.91 Å². The van der Waals surface area contributed by atoms with E-state index in [2.05, 4.69) is 20.3 Å². The van der Waals surface area contributed by atoms with Crippen LogP contribution in [0.3, 0.4) is 0 Å². The van der Waals surface area contributed by atoms with E-state index < -0.39 is 0 Å². The lowest BCUT2D eigenvalue weighted by atomic mass is 10.0. The molecular formula is C14H18N4OS. The summed E-state index contributed by atoms with van der Waals surface area (Å²) in [5.74, 6) is 1.37. The van der Waals surface area contributed by atoms with Gasteiger partial charge in [0.2, 0.25) is 0 Å². The molecule has 6 heteroatoms. The molecule has 2 heterocycles. The second-order valence-electron chi connectivity index (χ2n) is 5.09. The van der Waals surface area contributed by atoms with Crippen LogP contribution in [0.15, 0.2) is 17.9 Å². The van der Waals surface area contributed by atoms with Gasteiger partial charge in [0.15, 0.2) is 0 Å². The Bertz CT molecular complexity index is 558. The number of nitrogens with zero attached hydrogens (tertiary/aromatic N) is 2. The smallest absolute Gasteiger partial charge is 0.263 e. The van der Waals surface area contributed by atoms with Crippen LogP contribution >= 0.6 is 11.3 Å². The quantitative estimate of drug-likeness (QED) is 0.888. The fourth-order valence-electron chi connectivity index (χ4n) is 2.72. The van der Waals surface area contributed by atoms with E-state index in [4.69, 9.17) is 0 Å². The molecule has 0 radical (unpaired) electrons. The summed E-state index contributed by atoms with van der Waals surface area (Å²) in [4.78, 5) is 24.6. The van der Waals surface area contributed by atoms with Crippen LogP contribution in [0, 0.1) is 0 Å². The Labute approximate surface area is 121 Å². The van der Waals surface area contributed by atoms with E-state index in [9.17, 15) is 4.79 Å². The summed E-state index contributed by atoms with van der Waals surface area (Å²) in [7, 11) is 0. The third-order valence-corrected chi connectivity index (χ3v) is 4.59. The Balaban J connectivity index is 1.58. The summed E-state index contributed by atoms with van der Waals surface area (Å²) in [5, 5.41) is 2.96. The van der Waals surface area contributed by atoms with Crippen LogP contribution in [0.4, 0.5) is 0 Å². The van der Waals surface area contributed by atoms with Gasteiger partial charge >= 0.3 is 0 Å². The maximum absolute atomic E-state index is 12.2. The van der Waals surface area contributed by atoms with Crippen molar-refractivity contribution < 1.29 is 4.79 Å². The molecule has 3 rings (SSSR count). The average molecular weight is 290 g/mol. The van der Waals surface area contributed by atoms with Crippen LogP contribution in [0.5, 0.6) is 0 Å². The van der Waals surface area contributed by atoms with E-state index >= 15 is 0 Å². The second kappa shape index (κ2) is 6.17. The highest BCUT2D eigenvalue weighted by Gasteiger charge is 2.25. The summed E-state index contributed by atoms with van der Waals surface area (Å²) < 4.78 is 0. The van der Waals surface area contributed by atoms with Gasteiger partial charge in [-0.1, -0.05) is 12.8 Å². The number of thiazole rings is 1. The zero-order valence-corrected chi connectivity index (χ0v) is 12.1. The maximum Gasteiger partial charge on any atom is 0.263 e. The van der Waals surface area contributed by atoms with Gasteiger partial charge in [-0.25, -0.2) is 9.97 Å². The molecule has 1 saturated carbocycles. The molecule has 0 aromatic carbocycles. The second-order valence-corrected chi connectivity index (χ2v) is 5.94. The van der Waals surface area contributed by atoms with Crippen LogP contribution in [0.25, 0.3) is 0 Å². The third-order valence-electron chi connectivity index (χ3n) is 3.75. The maximum atomic E-state index is 12.2. The summed E-state index contributed by atoms with van der Waals surface area (Å²) in [6.45, 7) is 0.592. The number of imidazole rings is 1. The lowest BCUT2D eigenvalue weighted by Crippen LogP contribution is -2.26. The van der Waals surface area contributed by atoms with E-state index in [1.165, 1.54) is 24.2 Å². The van der Waals surface area contributed by atoms with E-state index in [1.54, 1.807) is 17.9 Å². The first-order chi connectivity index (χ1) is 9.84. The molecule has 1 aliphatic carbocycles. The number of carbonyl (C=O) groups excluding carboxylic acids is 1. The number of rotatable bonds is 5. The SMILES string of the molecule is O=C(NCCc1ncc[nH]1)c1scnc1C1CCCC1. The number of nitrogens with one attached hydrogen (secondary N) is 2. The van der Waals surface area contributed by atoms with Gasteiger partial charge in [0.05, 0.1) is 11.2 Å². The van der Waals surface area contributed by atoms with Gasteiger partial charge in [-0.05, 0) is 12.8 Å². The molecule has 0 bridgehead atoms. The molecule has 106 valence electrons. The standard InChI is InChI=1S/C14H18N4OS/c19-14(17-6-5-11-15-7-8-16-11)13-12(18-9-20-13)10-3-1-2-4-10/h7-10H,1-6H2,(H,15,16)(H,17,19). The first-order valence-electron chi connectivity index (χ1n) is 7.04. The van der Waals surface area contributed by atoms with Gasteiger partial charge in [0, 0.05) is 31.3 Å². The topological polar surface area (TPSA) is 70.7 Å².